The van der Waals surface area contributed by atoms with Crippen molar-refractivity contribution in [3.05, 3.63) is 51.2 Å². The van der Waals surface area contributed by atoms with Crippen LogP contribution in [0.3, 0.4) is 0 Å². The Balaban J connectivity index is 1.94. The van der Waals surface area contributed by atoms with Crippen molar-refractivity contribution in [1.29, 1.82) is 0 Å². The van der Waals surface area contributed by atoms with E-state index in [4.69, 9.17) is 0 Å². The molecule has 4 nitrogen and oxygen atoms in total. The predicted octanol–water partition coefficient (Wildman–Crippen LogP) is 3.14. The van der Waals surface area contributed by atoms with Gasteiger partial charge >= 0.3 is 0 Å². The molecule has 0 saturated heterocycles. The second kappa shape index (κ2) is 6.98. The minimum absolute atomic E-state index is 0.179. The molecule has 0 aliphatic rings. The number of carbonyl (C=O) groups excluding carboxylic acids is 1. The number of hydrogen-bond acceptors (Lipinski definition) is 4. The molecule has 0 radical (unpaired) electrons. The van der Waals surface area contributed by atoms with Gasteiger partial charge in [-0.3, -0.25) is 4.79 Å². The summed E-state index contributed by atoms with van der Waals surface area (Å²) in [6.07, 6.45) is -0.394. The zero-order chi connectivity index (χ0) is 16.3. The van der Waals surface area contributed by atoms with Gasteiger partial charge in [-0.25, -0.2) is 9.37 Å². The summed E-state index contributed by atoms with van der Waals surface area (Å²) < 4.78 is 12.9. The number of hydrogen-bond donors (Lipinski definition) is 2. The summed E-state index contributed by atoms with van der Waals surface area (Å²) in [4.78, 5) is 17.0. The number of aliphatic hydroxyl groups is 1. The Hall–Kier alpha value is -1.79. The lowest BCUT2D eigenvalue weighted by molar-refractivity contribution is 0.0920. The molecule has 22 heavy (non-hydrogen) atoms. The molecule has 0 spiro atoms. The monoisotopic (exact) mass is 322 g/mol. The summed E-state index contributed by atoms with van der Waals surface area (Å²) in [5, 5.41) is 13.8. The molecule has 0 aliphatic carbocycles. The normalized spacial score (nSPS) is 13.7. The van der Waals surface area contributed by atoms with Gasteiger partial charge < -0.3 is 10.4 Å². The fourth-order valence-electron chi connectivity index (χ4n) is 2.25. The number of halogens is 1. The topological polar surface area (TPSA) is 62.2 Å². The van der Waals surface area contributed by atoms with E-state index in [1.807, 2.05) is 13.8 Å². The van der Waals surface area contributed by atoms with Gasteiger partial charge in [0, 0.05) is 6.04 Å². The van der Waals surface area contributed by atoms with E-state index in [-0.39, 0.29) is 17.8 Å². The van der Waals surface area contributed by atoms with Gasteiger partial charge in [0.05, 0.1) is 16.8 Å². The lowest BCUT2D eigenvalue weighted by Crippen LogP contribution is -2.33. The second-order valence-corrected chi connectivity index (χ2v) is 6.53. The van der Waals surface area contributed by atoms with Crippen LogP contribution >= 0.6 is 11.3 Å². The first-order valence-electron chi connectivity index (χ1n) is 7.05. The maximum Gasteiger partial charge on any atom is 0.263 e. The molecular weight excluding hydrogens is 303 g/mol. The average Bonchev–Trinajstić information content (AvgIpc) is 2.78. The number of carbonyl (C=O) groups is 1. The van der Waals surface area contributed by atoms with E-state index in [1.54, 1.807) is 19.1 Å². The van der Waals surface area contributed by atoms with Gasteiger partial charge in [0.15, 0.2) is 0 Å². The molecule has 1 aromatic heterocycles. The number of rotatable bonds is 5. The molecule has 0 bridgehead atoms. The molecule has 6 heteroatoms. The third kappa shape index (κ3) is 4.11. The first-order valence-corrected chi connectivity index (χ1v) is 7.87. The van der Waals surface area contributed by atoms with Crippen LogP contribution in [-0.2, 0) is 0 Å². The maximum absolute atomic E-state index is 12.9. The summed E-state index contributed by atoms with van der Waals surface area (Å²) in [7, 11) is 0. The van der Waals surface area contributed by atoms with Crippen LogP contribution in [0.4, 0.5) is 4.39 Å². The molecule has 0 aliphatic heterocycles. The van der Waals surface area contributed by atoms with Gasteiger partial charge in [-0.15, -0.1) is 11.3 Å². The van der Waals surface area contributed by atoms with E-state index in [0.717, 1.165) is 5.01 Å². The van der Waals surface area contributed by atoms with E-state index in [2.05, 4.69) is 10.3 Å². The van der Waals surface area contributed by atoms with E-state index in [0.29, 0.717) is 22.6 Å². The smallest absolute Gasteiger partial charge is 0.263 e. The highest BCUT2D eigenvalue weighted by atomic mass is 32.1. The zero-order valence-corrected chi connectivity index (χ0v) is 13.6. The highest BCUT2D eigenvalue weighted by Crippen LogP contribution is 2.20. The molecule has 0 saturated carbocycles. The van der Waals surface area contributed by atoms with Crippen LogP contribution in [0.5, 0.6) is 0 Å². The Morgan fingerprint density at radius 1 is 1.36 bits per heavy atom. The van der Waals surface area contributed by atoms with Crippen molar-refractivity contribution in [3.63, 3.8) is 0 Å². The molecule has 118 valence electrons. The third-order valence-corrected chi connectivity index (χ3v) is 4.39. The van der Waals surface area contributed by atoms with Crippen LogP contribution in [-0.4, -0.2) is 22.0 Å². The van der Waals surface area contributed by atoms with Crippen molar-refractivity contribution in [3.8, 4) is 0 Å². The molecule has 2 rings (SSSR count). The van der Waals surface area contributed by atoms with Crippen molar-refractivity contribution in [1.82, 2.24) is 10.3 Å². The van der Waals surface area contributed by atoms with Gasteiger partial charge in [0.25, 0.3) is 5.91 Å². The van der Waals surface area contributed by atoms with Crippen molar-refractivity contribution >= 4 is 17.2 Å². The number of amides is 1. The first-order chi connectivity index (χ1) is 10.4. The summed E-state index contributed by atoms with van der Waals surface area (Å²) in [5.74, 6) is -0.518. The Kier molecular flexibility index (Phi) is 5.26. The molecular formula is C16H19FN2O2S. The largest absolute Gasteiger partial charge is 0.388 e. The van der Waals surface area contributed by atoms with Crippen LogP contribution < -0.4 is 5.32 Å². The molecule has 1 amide bonds. The summed E-state index contributed by atoms with van der Waals surface area (Å²) >= 11 is 1.35. The summed E-state index contributed by atoms with van der Waals surface area (Å²) in [6.45, 7) is 5.49. The minimum Gasteiger partial charge on any atom is -0.388 e. The number of nitrogens with zero attached hydrogens (tertiary/aromatic N) is 1. The average molecular weight is 322 g/mol. The molecule has 2 N–H and O–H groups in total. The van der Waals surface area contributed by atoms with Crippen molar-refractivity contribution < 1.29 is 14.3 Å². The summed E-state index contributed by atoms with van der Waals surface area (Å²) in [6, 6.07) is 5.50. The van der Waals surface area contributed by atoms with E-state index in [9.17, 15) is 14.3 Å². The quantitative estimate of drug-likeness (QED) is 0.889. The Morgan fingerprint density at radius 3 is 2.55 bits per heavy atom. The Labute approximate surface area is 133 Å². The van der Waals surface area contributed by atoms with Gasteiger partial charge in [-0.1, -0.05) is 12.1 Å². The lowest BCUT2D eigenvalue weighted by Gasteiger charge is -2.18. The number of aryl methyl sites for hydroxylation is 2. The highest BCUT2D eigenvalue weighted by Gasteiger charge is 2.18. The van der Waals surface area contributed by atoms with Crippen molar-refractivity contribution in [2.75, 3.05) is 0 Å². The summed E-state index contributed by atoms with van der Waals surface area (Å²) in [5.41, 5.74) is 1.35. The van der Waals surface area contributed by atoms with Crippen LogP contribution in [0.25, 0.3) is 0 Å². The number of nitrogens with one attached hydrogen (secondary N) is 1. The van der Waals surface area contributed by atoms with Crippen LogP contribution in [0.1, 0.15) is 45.4 Å². The number of thiazole rings is 1. The second-order valence-electron chi connectivity index (χ2n) is 5.32. The Bertz CT molecular complexity index is 655. The van der Waals surface area contributed by atoms with Crippen molar-refractivity contribution in [2.45, 2.75) is 39.3 Å². The molecule has 2 unspecified atom stereocenters. The molecule has 0 fully saturated rings. The predicted molar refractivity (Wildman–Crippen MR) is 84.5 cm³/mol. The molecule has 1 aromatic carbocycles. The maximum atomic E-state index is 12.9. The van der Waals surface area contributed by atoms with E-state index < -0.39 is 6.10 Å². The molecule has 2 atom stereocenters. The first kappa shape index (κ1) is 16.6. The standard InChI is InChI=1S/C16H19FN2O2S/c1-9(8-14(20)12-4-6-13(17)7-5-12)18-16(21)15-10(2)19-11(3)22-15/h4-7,9,14,20H,8H2,1-3H3,(H,18,21). The van der Waals surface area contributed by atoms with Gasteiger partial charge in [0.1, 0.15) is 10.7 Å². The number of aliphatic hydroxyl groups excluding tert-OH is 1. The van der Waals surface area contributed by atoms with Gasteiger partial charge in [-0.2, -0.15) is 0 Å². The fraction of sp³-hybridized carbons (Fsp3) is 0.375. The number of aromatic nitrogens is 1. The SMILES string of the molecule is Cc1nc(C)c(C(=O)NC(C)CC(O)c2ccc(F)cc2)s1. The van der Waals surface area contributed by atoms with Crippen LogP contribution in [0, 0.1) is 19.7 Å². The van der Waals surface area contributed by atoms with E-state index >= 15 is 0 Å². The third-order valence-electron chi connectivity index (χ3n) is 3.32. The molecule has 2 aromatic rings. The van der Waals surface area contributed by atoms with E-state index in [1.165, 1.54) is 23.5 Å². The van der Waals surface area contributed by atoms with Crippen LogP contribution in [0.2, 0.25) is 0 Å². The molecule has 1 heterocycles. The number of benzene rings is 1. The van der Waals surface area contributed by atoms with Gasteiger partial charge in [-0.05, 0) is 44.9 Å². The van der Waals surface area contributed by atoms with Gasteiger partial charge in [0.2, 0.25) is 0 Å². The minimum atomic E-state index is -0.750. The lowest BCUT2D eigenvalue weighted by atomic mass is 10.0. The zero-order valence-electron chi connectivity index (χ0n) is 12.8. The Morgan fingerprint density at radius 2 is 2.00 bits per heavy atom. The fourth-order valence-corrected chi connectivity index (χ4v) is 3.07. The van der Waals surface area contributed by atoms with Crippen molar-refractivity contribution in [2.24, 2.45) is 0 Å². The highest BCUT2D eigenvalue weighted by molar-refractivity contribution is 7.13. The van der Waals surface area contributed by atoms with Crippen LogP contribution in [0.15, 0.2) is 24.3 Å².